The van der Waals surface area contributed by atoms with Gasteiger partial charge >= 0.3 is 0 Å². The Kier molecular flexibility index (Phi) is 6.74. The predicted molar refractivity (Wildman–Crippen MR) is 122 cm³/mol. The molecule has 3 aliphatic rings. The monoisotopic (exact) mass is 511 g/mol. The first-order chi connectivity index (χ1) is 14.8. The van der Waals surface area contributed by atoms with Crippen LogP contribution < -0.4 is 10.2 Å². The zero-order chi connectivity index (χ0) is 22.2. The topological polar surface area (TPSA) is 86.8 Å². The van der Waals surface area contributed by atoms with Gasteiger partial charge in [0, 0.05) is 36.6 Å². The van der Waals surface area contributed by atoms with Gasteiger partial charge < -0.3 is 10.2 Å². The number of sulfonamides is 1. The number of benzene rings is 1. The van der Waals surface area contributed by atoms with Crippen molar-refractivity contribution in [3.8, 4) is 0 Å². The molecule has 0 spiro atoms. The van der Waals surface area contributed by atoms with Crippen LogP contribution in [0.15, 0.2) is 21.5 Å². The lowest BCUT2D eigenvalue weighted by molar-refractivity contribution is -0.126. The molecule has 1 aromatic rings. The summed E-state index contributed by atoms with van der Waals surface area (Å²) >= 11 is 3.44. The van der Waals surface area contributed by atoms with Crippen molar-refractivity contribution in [2.75, 3.05) is 24.5 Å². The molecule has 31 heavy (non-hydrogen) atoms. The first-order valence-corrected chi connectivity index (χ1v) is 13.5. The van der Waals surface area contributed by atoms with Crippen molar-refractivity contribution in [2.45, 2.75) is 69.2 Å². The van der Waals surface area contributed by atoms with Gasteiger partial charge in [-0.3, -0.25) is 9.59 Å². The van der Waals surface area contributed by atoms with E-state index in [1.807, 2.05) is 6.07 Å². The van der Waals surface area contributed by atoms with E-state index in [2.05, 4.69) is 21.2 Å². The number of amides is 2. The van der Waals surface area contributed by atoms with Crippen molar-refractivity contribution >= 4 is 43.5 Å². The average Bonchev–Trinajstić information content (AvgIpc) is 3.42. The standard InChI is InChI=1S/C22H30BrN3O4S/c1-2-20(27)26-11-9-15-12-17(23)13-19(21(15)26)31(29,30)25-10-5-6-16(14-25)22(28)24-18-7-3-4-8-18/h12-13,16,18H,2-11,14H2,1H3,(H,24,28)/t16-/m0/s1. The summed E-state index contributed by atoms with van der Waals surface area (Å²) in [7, 11) is -3.85. The highest BCUT2D eigenvalue weighted by Crippen LogP contribution is 2.39. The highest BCUT2D eigenvalue weighted by Gasteiger charge is 2.38. The van der Waals surface area contributed by atoms with Crippen molar-refractivity contribution in [2.24, 2.45) is 5.92 Å². The van der Waals surface area contributed by atoms with Crippen LogP contribution in [-0.2, 0) is 26.0 Å². The van der Waals surface area contributed by atoms with E-state index in [-0.39, 0.29) is 35.2 Å². The Labute approximate surface area is 192 Å². The number of hydrogen-bond acceptors (Lipinski definition) is 4. The fourth-order valence-corrected chi connectivity index (χ4v) is 7.45. The maximum atomic E-state index is 13.7. The summed E-state index contributed by atoms with van der Waals surface area (Å²) in [6, 6.07) is 3.71. The Balaban J connectivity index is 1.60. The number of hydrogen-bond donors (Lipinski definition) is 1. The lowest BCUT2D eigenvalue weighted by Gasteiger charge is -2.33. The maximum Gasteiger partial charge on any atom is 0.245 e. The SMILES string of the molecule is CCC(=O)N1CCc2cc(Br)cc(S(=O)(=O)N3CCC[C@H](C(=O)NC4CCCC4)C3)c21. The molecule has 1 atom stereocenters. The highest BCUT2D eigenvalue weighted by molar-refractivity contribution is 9.10. The van der Waals surface area contributed by atoms with Crippen molar-refractivity contribution in [3.05, 3.63) is 22.2 Å². The van der Waals surface area contributed by atoms with E-state index < -0.39 is 10.0 Å². The molecular weight excluding hydrogens is 482 g/mol. The molecule has 2 amide bonds. The zero-order valence-corrected chi connectivity index (χ0v) is 20.3. The minimum atomic E-state index is -3.85. The van der Waals surface area contributed by atoms with Gasteiger partial charge in [0.2, 0.25) is 21.8 Å². The number of halogens is 1. The molecule has 4 rings (SSSR count). The van der Waals surface area contributed by atoms with Crippen LogP contribution in [0.4, 0.5) is 5.69 Å². The van der Waals surface area contributed by atoms with Crippen LogP contribution in [0.25, 0.3) is 0 Å². The highest BCUT2D eigenvalue weighted by atomic mass is 79.9. The molecule has 0 unspecified atom stereocenters. The third-order valence-electron chi connectivity index (χ3n) is 6.67. The summed E-state index contributed by atoms with van der Waals surface area (Å²) in [5, 5.41) is 3.12. The smallest absolute Gasteiger partial charge is 0.245 e. The molecule has 0 bridgehead atoms. The second-order valence-corrected chi connectivity index (χ2v) is 11.6. The lowest BCUT2D eigenvalue weighted by Crippen LogP contribution is -2.47. The molecule has 1 aliphatic carbocycles. The Morgan fingerprint density at radius 2 is 1.87 bits per heavy atom. The number of nitrogens with zero attached hydrogens (tertiary/aromatic N) is 2. The van der Waals surface area contributed by atoms with E-state index in [0.29, 0.717) is 48.9 Å². The summed E-state index contributed by atoms with van der Waals surface area (Å²) in [6.07, 6.45) is 6.58. The Morgan fingerprint density at radius 3 is 2.58 bits per heavy atom. The van der Waals surface area contributed by atoms with Crippen molar-refractivity contribution < 1.29 is 18.0 Å². The fourth-order valence-electron chi connectivity index (χ4n) is 5.01. The first-order valence-electron chi connectivity index (χ1n) is 11.2. The Hall–Kier alpha value is -1.45. The summed E-state index contributed by atoms with van der Waals surface area (Å²) < 4.78 is 29.5. The fraction of sp³-hybridized carbons (Fsp3) is 0.636. The van der Waals surface area contributed by atoms with E-state index in [4.69, 9.17) is 0 Å². The van der Waals surface area contributed by atoms with Crippen LogP contribution in [0.1, 0.15) is 57.4 Å². The van der Waals surface area contributed by atoms with Gasteiger partial charge in [-0.1, -0.05) is 35.7 Å². The number of anilines is 1. The predicted octanol–water partition coefficient (Wildman–Crippen LogP) is 3.21. The van der Waals surface area contributed by atoms with Crippen LogP contribution >= 0.6 is 15.9 Å². The number of nitrogens with one attached hydrogen (secondary N) is 1. The normalized spacial score (nSPS) is 22.5. The van der Waals surface area contributed by atoms with Crippen molar-refractivity contribution in [1.82, 2.24) is 9.62 Å². The molecule has 0 radical (unpaired) electrons. The minimum Gasteiger partial charge on any atom is -0.353 e. The number of rotatable bonds is 5. The van der Waals surface area contributed by atoms with E-state index >= 15 is 0 Å². The maximum absolute atomic E-state index is 13.7. The molecule has 1 N–H and O–H groups in total. The third-order valence-corrected chi connectivity index (χ3v) is 9.01. The van der Waals surface area contributed by atoms with E-state index in [1.54, 1.807) is 17.9 Å². The molecule has 1 aromatic carbocycles. The molecule has 0 aromatic heterocycles. The van der Waals surface area contributed by atoms with Crippen LogP contribution in [0.3, 0.4) is 0 Å². The summed E-state index contributed by atoms with van der Waals surface area (Å²) in [5.41, 5.74) is 1.37. The molecule has 2 fully saturated rings. The summed E-state index contributed by atoms with van der Waals surface area (Å²) in [6.45, 7) is 2.85. The number of fused-ring (bicyclic) bond motifs is 1. The quantitative estimate of drug-likeness (QED) is 0.657. The summed E-state index contributed by atoms with van der Waals surface area (Å²) in [4.78, 5) is 27.0. The first kappa shape index (κ1) is 22.7. The van der Waals surface area contributed by atoms with Gasteiger partial charge in [-0.15, -0.1) is 0 Å². The molecule has 9 heteroatoms. The van der Waals surface area contributed by atoms with E-state index in [0.717, 1.165) is 31.2 Å². The van der Waals surface area contributed by atoms with Gasteiger partial charge in [-0.25, -0.2) is 8.42 Å². The molecule has 1 saturated carbocycles. The molecular formula is C22H30BrN3O4S. The van der Waals surface area contributed by atoms with E-state index in [1.165, 1.54) is 4.31 Å². The second kappa shape index (κ2) is 9.19. The molecule has 2 heterocycles. The van der Waals surface area contributed by atoms with Crippen LogP contribution in [-0.4, -0.2) is 50.2 Å². The van der Waals surface area contributed by atoms with Crippen molar-refractivity contribution in [1.29, 1.82) is 0 Å². The second-order valence-electron chi connectivity index (χ2n) is 8.75. The lowest BCUT2D eigenvalue weighted by atomic mass is 9.98. The van der Waals surface area contributed by atoms with Crippen LogP contribution in [0.2, 0.25) is 0 Å². The Morgan fingerprint density at radius 1 is 1.13 bits per heavy atom. The number of piperidine rings is 1. The van der Waals surface area contributed by atoms with Crippen LogP contribution in [0.5, 0.6) is 0 Å². The molecule has 2 aliphatic heterocycles. The summed E-state index contributed by atoms with van der Waals surface area (Å²) in [5.74, 6) is -0.447. The molecule has 7 nitrogen and oxygen atoms in total. The van der Waals surface area contributed by atoms with Gasteiger partial charge in [-0.05, 0) is 49.8 Å². The zero-order valence-electron chi connectivity index (χ0n) is 17.9. The van der Waals surface area contributed by atoms with Gasteiger partial charge in [0.25, 0.3) is 0 Å². The van der Waals surface area contributed by atoms with Crippen molar-refractivity contribution in [3.63, 3.8) is 0 Å². The largest absolute Gasteiger partial charge is 0.353 e. The molecule has 170 valence electrons. The van der Waals surface area contributed by atoms with E-state index in [9.17, 15) is 18.0 Å². The third kappa shape index (κ3) is 4.54. The van der Waals surface area contributed by atoms with Crippen LogP contribution in [0, 0.1) is 5.92 Å². The van der Waals surface area contributed by atoms with Gasteiger partial charge in [0.05, 0.1) is 11.6 Å². The van der Waals surface area contributed by atoms with Gasteiger partial charge in [-0.2, -0.15) is 4.31 Å². The number of carbonyl (C=O) groups is 2. The van der Waals surface area contributed by atoms with Gasteiger partial charge in [0.15, 0.2) is 0 Å². The minimum absolute atomic E-state index is 0.0333. The molecule has 1 saturated heterocycles. The average molecular weight is 512 g/mol. The Bertz CT molecular complexity index is 975. The number of carbonyl (C=O) groups excluding carboxylic acids is 2. The van der Waals surface area contributed by atoms with Gasteiger partial charge in [0.1, 0.15) is 4.90 Å².